The van der Waals surface area contributed by atoms with Crippen molar-refractivity contribution in [1.29, 1.82) is 0 Å². The Labute approximate surface area is 219 Å². The third-order valence-electron chi connectivity index (χ3n) is 6.74. The van der Waals surface area contributed by atoms with Crippen LogP contribution in [0, 0.1) is 0 Å². The van der Waals surface area contributed by atoms with Crippen LogP contribution < -0.4 is 0 Å². The number of amides is 2. The average molecular weight is 497 g/mol. The summed E-state index contributed by atoms with van der Waals surface area (Å²) in [7, 11) is 0. The third-order valence-corrected chi connectivity index (χ3v) is 6.74. The maximum Gasteiger partial charge on any atom is 0.242 e. The second kappa shape index (κ2) is 17.8. The molecule has 0 aliphatic rings. The summed E-state index contributed by atoms with van der Waals surface area (Å²) in [6.45, 7) is 7.20. The Bertz CT molecular complexity index is 833. The molecule has 2 amide bonds. The molecule has 1 heterocycles. The van der Waals surface area contributed by atoms with Gasteiger partial charge in [0, 0.05) is 19.0 Å². The third kappa shape index (κ3) is 11.9. The van der Waals surface area contributed by atoms with Crippen molar-refractivity contribution in [3.05, 3.63) is 60.1 Å². The van der Waals surface area contributed by atoms with Gasteiger partial charge in [-0.1, -0.05) is 101 Å². The van der Waals surface area contributed by atoms with Gasteiger partial charge in [-0.2, -0.15) is 0 Å². The number of benzene rings is 1. The van der Waals surface area contributed by atoms with Gasteiger partial charge >= 0.3 is 0 Å². The summed E-state index contributed by atoms with van der Waals surface area (Å²) in [4.78, 5) is 29.9. The van der Waals surface area contributed by atoms with Crippen molar-refractivity contribution < 1.29 is 14.0 Å². The van der Waals surface area contributed by atoms with Crippen molar-refractivity contribution in [3.63, 3.8) is 0 Å². The Morgan fingerprint density at radius 2 is 1.36 bits per heavy atom. The van der Waals surface area contributed by atoms with Gasteiger partial charge in [0.2, 0.25) is 11.8 Å². The highest BCUT2D eigenvalue weighted by atomic mass is 16.3. The molecule has 0 aliphatic heterocycles. The monoisotopic (exact) mass is 496 g/mol. The van der Waals surface area contributed by atoms with Gasteiger partial charge in [-0.15, -0.1) is 0 Å². The molecule has 36 heavy (non-hydrogen) atoms. The van der Waals surface area contributed by atoms with Gasteiger partial charge in [-0.25, -0.2) is 0 Å². The molecule has 1 aromatic heterocycles. The van der Waals surface area contributed by atoms with Crippen LogP contribution in [0.5, 0.6) is 0 Å². The van der Waals surface area contributed by atoms with Crippen LogP contribution >= 0.6 is 0 Å². The van der Waals surface area contributed by atoms with Gasteiger partial charge in [0.1, 0.15) is 5.76 Å². The van der Waals surface area contributed by atoms with Crippen LogP contribution in [0.25, 0.3) is 0 Å². The Hall–Kier alpha value is -2.56. The van der Waals surface area contributed by atoms with E-state index < -0.39 is 0 Å². The number of carbonyl (C=O) groups excluding carboxylic acids is 2. The molecular weight excluding hydrogens is 448 g/mol. The predicted molar refractivity (Wildman–Crippen MR) is 147 cm³/mol. The minimum atomic E-state index is -0.0590. The SMILES string of the molecule is CCCCCCCCCCCCCC(=O)N(CC(=O)N(Cc1ccccc1)Cc1ccco1)C(C)C. The van der Waals surface area contributed by atoms with Crippen LogP contribution in [-0.2, 0) is 22.7 Å². The molecule has 0 N–H and O–H groups in total. The van der Waals surface area contributed by atoms with Crippen molar-refractivity contribution in [2.45, 2.75) is 117 Å². The predicted octanol–water partition coefficient (Wildman–Crippen LogP) is 7.75. The lowest BCUT2D eigenvalue weighted by Crippen LogP contribution is -2.45. The van der Waals surface area contributed by atoms with E-state index in [1.54, 1.807) is 16.1 Å². The Kier molecular flexibility index (Phi) is 14.7. The van der Waals surface area contributed by atoms with E-state index in [1.165, 1.54) is 57.8 Å². The molecule has 0 fully saturated rings. The maximum atomic E-state index is 13.3. The van der Waals surface area contributed by atoms with E-state index in [1.807, 2.05) is 56.3 Å². The number of hydrogen-bond acceptors (Lipinski definition) is 3. The van der Waals surface area contributed by atoms with E-state index in [4.69, 9.17) is 4.42 Å². The standard InChI is InChI=1S/C31H48N2O3/c1-4-5-6-7-8-9-10-11-12-13-17-22-30(34)33(27(2)3)26-31(35)32(25-29-21-18-23-36-29)24-28-19-15-14-16-20-28/h14-16,18-21,23,27H,4-13,17,22,24-26H2,1-3H3. The van der Waals surface area contributed by atoms with E-state index >= 15 is 0 Å². The molecule has 200 valence electrons. The molecule has 0 aliphatic carbocycles. The lowest BCUT2D eigenvalue weighted by molar-refractivity contribution is -0.143. The molecule has 0 saturated carbocycles. The van der Waals surface area contributed by atoms with Crippen molar-refractivity contribution in [2.24, 2.45) is 0 Å². The Morgan fingerprint density at radius 1 is 0.750 bits per heavy atom. The molecule has 5 heteroatoms. The molecule has 0 saturated heterocycles. The lowest BCUT2D eigenvalue weighted by Gasteiger charge is -2.30. The maximum absolute atomic E-state index is 13.3. The number of carbonyl (C=O) groups is 2. The molecular formula is C31H48N2O3. The van der Waals surface area contributed by atoms with Crippen LogP contribution in [0.1, 0.15) is 109 Å². The fourth-order valence-corrected chi connectivity index (χ4v) is 4.52. The number of furan rings is 1. The minimum Gasteiger partial charge on any atom is -0.467 e. The van der Waals surface area contributed by atoms with Crippen molar-refractivity contribution in [1.82, 2.24) is 9.80 Å². The first-order valence-corrected chi connectivity index (χ1v) is 14.1. The first-order chi connectivity index (χ1) is 17.5. The quantitative estimate of drug-likeness (QED) is 0.187. The summed E-state index contributed by atoms with van der Waals surface area (Å²) in [5.74, 6) is 0.755. The fourth-order valence-electron chi connectivity index (χ4n) is 4.52. The molecule has 2 rings (SSSR count). The number of nitrogens with zero attached hydrogens (tertiary/aromatic N) is 2. The van der Waals surface area contributed by atoms with E-state index in [9.17, 15) is 9.59 Å². The normalized spacial score (nSPS) is 11.1. The van der Waals surface area contributed by atoms with Crippen LogP contribution in [0.4, 0.5) is 0 Å². The second-order valence-corrected chi connectivity index (χ2v) is 10.2. The summed E-state index contributed by atoms with van der Waals surface area (Å²) in [5.41, 5.74) is 1.06. The first kappa shape index (κ1) is 29.7. The van der Waals surface area contributed by atoms with Crippen LogP contribution in [0.3, 0.4) is 0 Å². The summed E-state index contributed by atoms with van der Waals surface area (Å²) >= 11 is 0. The van der Waals surface area contributed by atoms with Gasteiger partial charge < -0.3 is 14.2 Å². The molecule has 0 radical (unpaired) electrons. The zero-order valence-electron chi connectivity index (χ0n) is 22.9. The number of unbranched alkanes of at least 4 members (excludes halogenated alkanes) is 10. The van der Waals surface area contributed by atoms with E-state index in [2.05, 4.69) is 6.92 Å². The molecule has 1 aromatic carbocycles. The highest BCUT2D eigenvalue weighted by molar-refractivity contribution is 5.85. The zero-order chi connectivity index (χ0) is 26.0. The minimum absolute atomic E-state index is 0.0173. The number of hydrogen-bond donors (Lipinski definition) is 0. The molecule has 5 nitrogen and oxygen atoms in total. The second-order valence-electron chi connectivity index (χ2n) is 10.2. The number of rotatable bonds is 19. The molecule has 2 aromatic rings. The van der Waals surface area contributed by atoms with E-state index in [0.29, 0.717) is 19.5 Å². The zero-order valence-corrected chi connectivity index (χ0v) is 22.9. The summed E-state index contributed by atoms with van der Waals surface area (Å²) < 4.78 is 5.50. The highest BCUT2D eigenvalue weighted by Gasteiger charge is 2.24. The van der Waals surface area contributed by atoms with Gasteiger partial charge in [0.15, 0.2) is 0 Å². The van der Waals surface area contributed by atoms with Crippen LogP contribution in [0.2, 0.25) is 0 Å². The summed E-state index contributed by atoms with van der Waals surface area (Å²) in [5, 5.41) is 0. The van der Waals surface area contributed by atoms with Crippen molar-refractivity contribution in [2.75, 3.05) is 6.54 Å². The van der Waals surface area contributed by atoms with Gasteiger partial charge in [-0.3, -0.25) is 9.59 Å². The Morgan fingerprint density at radius 3 is 1.92 bits per heavy atom. The van der Waals surface area contributed by atoms with Gasteiger partial charge in [-0.05, 0) is 38.0 Å². The summed E-state index contributed by atoms with van der Waals surface area (Å²) in [6, 6.07) is 13.6. The molecule has 0 bridgehead atoms. The van der Waals surface area contributed by atoms with Gasteiger partial charge in [0.05, 0.1) is 19.4 Å². The topological polar surface area (TPSA) is 53.8 Å². The largest absolute Gasteiger partial charge is 0.467 e. The van der Waals surface area contributed by atoms with E-state index in [-0.39, 0.29) is 24.4 Å². The molecule has 0 atom stereocenters. The molecule has 0 spiro atoms. The summed E-state index contributed by atoms with van der Waals surface area (Å²) in [6.07, 6.45) is 16.0. The lowest BCUT2D eigenvalue weighted by atomic mass is 10.0. The van der Waals surface area contributed by atoms with Crippen LogP contribution in [-0.4, -0.2) is 34.2 Å². The first-order valence-electron chi connectivity index (χ1n) is 14.1. The van der Waals surface area contributed by atoms with E-state index in [0.717, 1.165) is 24.2 Å². The Balaban J connectivity index is 1.78. The smallest absolute Gasteiger partial charge is 0.242 e. The molecule has 0 unspecified atom stereocenters. The van der Waals surface area contributed by atoms with Crippen LogP contribution in [0.15, 0.2) is 53.1 Å². The highest BCUT2D eigenvalue weighted by Crippen LogP contribution is 2.15. The van der Waals surface area contributed by atoms with Crippen molar-refractivity contribution >= 4 is 11.8 Å². The van der Waals surface area contributed by atoms with Crippen molar-refractivity contribution in [3.8, 4) is 0 Å². The average Bonchev–Trinajstić information content (AvgIpc) is 3.39. The fraction of sp³-hybridized carbons (Fsp3) is 0.613. The van der Waals surface area contributed by atoms with Gasteiger partial charge in [0.25, 0.3) is 0 Å².